The minimum absolute atomic E-state index is 0.0871. The van der Waals surface area contributed by atoms with Gasteiger partial charge in [-0.05, 0) is 52.9 Å². The van der Waals surface area contributed by atoms with Crippen LogP contribution < -0.4 is 26.5 Å². The number of rotatable bonds is 10. The monoisotopic (exact) mass is 687 g/mol. The number of aryl methyl sites for hydroxylation is 1. The zero-order valence-corrected chi connectivity index (χ0v) is 30.6. The lowest BCUT2D eigenvalue weighted by molar-refractivity contribution is -0.151. The summed E-state index contributed by atoms with van der Waals surface area (Å²) in [5, 5.41) is 24.7. The van der Waals surface area contributed by atoms with Gasteiger partial charge in [0.1, 0.15) is 23.7 Å². The Morgan fingerprint density at radius 3 is 1.88 bits per heavy atom. The number of hydrogen-bond donors (Lipinski definition) is 4. The molecule has 4 aromatic rings. The second-order valence-corrected chi connectivity index (χ2v) is 20.3. The van der Waals surface area contributed by atoms with Gasteiger partial charge in [0.05, 0.1) is 32.9 Å². The van der Waals surface area contributed by atoms with Gasteiger partial charge in [-0.15, -0.1) is 0 Å². The molecule has 5 rings (SSSR count). The SMILES string of the molecule is COc1ccc(C(c2ccccc2)(c2ccc(OC)cc2)C(O)[C@H]2O[C@@](CN)(n3cc(C)c(=O)[nH]c3=O)C[C@@]2(O)[Si](C)(C)C(C)(C)C)cc1. The molecule has 49 heavy (non-hydrogen) atoms. The number of nitrogens with zero attached hydrogens (tertiary/aromatic N) is 1. The molecule has 0 radical (unpaired) electrons. The average molecular weight is 688 g/mol. The highest BCUT2D eigenvalue weighted by Crippen LogP contribution is 2.57. The topological polar surface area (TPSA) is 149 Å². The number of aliphatic hydroxyl groups excluding tert-OH is 1. The fourth-order valence-electron chi connectivity index (χ4n) is 7.33. The lowest BCUT2D eigenvalue weighted by atomic mass is 9.64. The van der Waals surface area contributed by atoms with Gasteiger partial charge in [0, 0.05) is 24.7 Å². The Hall–Kier alpha value is -4.00. The van der Waals surface area contributed by atoms with Crippen LogP contribution in [0.25, 0.3) is 0 Å². The van der Waals surface area contributed by atoms with Gasteiger partial charge in [-0.1, -0.05) is 88.5 Å². The van der Waals surface area contributed by atoms with E-state index in [1.807, 2.05) is 78.9 Å². The van der Waals surface area contributed by atoms with Gasteiger partial charge >= 0.3 is 5.69 Å². The molecule has 0 bridgehead atoms. The number of ether oxygens (including phenoxy) is 3. The predicted octanol–water partition coefficient (Wildman–Crippen LogP) is 4.44. The van der Waals surface area contributed by atoms with Gasteiger partial charge in [-0.2, -0.15) is 0 Å². The number of aromatic amines is 1. The third-order valence-corrected chi connectivity index (χ3v) is 17.6. The highest BCUT2D eigenvalue weighted by molar-refractivity contribution is 6.83. The first-order chi connectivity index (χ1) is 23.0. The summed E-state index contributed by atoms with van der Waals surface area (Å²) in [5.41, 5.74) is 4.85. The highest BCUT2D eigenvalue weighted by atomic mass is 28.3. The van der Waals surface area contributed by atoms with Crippen LogP contribution in [0.2, 0.25) is 18.1 Å². The normalized spacial score (nSPS) is 22.1. The molecular formula is C38H49N3O7Si. The van der Waals surface area contributed by atoms with Gasteiger partial charge in [-0.3, -0.25) is 14.3 Å². The molecule has 3 aromatic carbocycles. The van der Waals surface area contributed by atoms with E-state index < -0.39 is 52.9 Å². The second-order valence-electron chi connectivity index (χ2n) is 14.7. The summed E-state index contributed by atoms with van der Waals surface area (Å²) < 4.78 is 19.3. The molecule has 0 spiro atoms. The quantitative estimate of drug-likeness (QED) is 0.141. The van der Waals surface area contributed by atoms with E-state index in [0.29, 0.717) is 11.5 Å². The van der Waals surface area contributed by atoms with Crippen molar-refractivity contribution in [2.75, 3.05) is 20.8 Å². The van der Waals surface area contributed by atoms with Crippen molar-refractivity contribution in [2.24, 2.45) is 5.73 Å². The number of aliphatic hydroxyl groups is 2. The zero-order valence-electron chi connectivity index (χ0n) is 29.6. The molecule has 11 heteroatoms. The first-order valence-corrected chi connectivity index (χ1v) is 19.5. The smallest absolute Gasteiger partial charge is 0.330 e. The van der Waals surface area contributed by atoms with Crippen molar-refractivity contribution in [2.45, 2.75) is 80.8 Å². The van der Waals surface area contributed by atoms with E-state index >= 15 is 0 Å². The van der Waals surface area contributed by atoms with E-state index in [2.05, 4.69) is 38.8 Å². The van der Waals surface area contributed by atoms with Crippen LogP contribution in [-0.2, 0) is 15.9 Å². The van der Waals surface area contributed by atoms with E-state index in [1.165, 1.54) is 10.8 Å². The number of nitrogens with one attached hydrogen (secondary N) is 1. The van der Waals surface area contributed by atoms with Crippen LogP contribution >= 0.6 is 0 Å². The number of hydrogen-bond acceptors (Lipinski definition) is 8. The van der Waals surface area contributed by atoms with E-state index in [1.54, 1.807) is 21.1 Å². The van der Waals surface area contributed by atoms with Crippen molar-refractivity contribution in [3.63, 3.8) is 0 Å². The fourth-order valence-corrected chi connectivity index (χ4v) is 10.3. The first-order valence-electron chi connectivity index (χ1n) is 16.5. The van der Waals surface area contributed by atoms with E-state index in [9.17, 15) is 19.8 Å². The second kappa shape index (κ2) is 13.0. The molecule has 1 unspecified atom stereocenters. The Labute approximate surface area is 288 Å². The van der Waals surface area contributed by atoms with Gasteiger partial charge < -0.3 is 30.2 Å². The van der Waals surface area contributed by atoms with Crippen LogP contribution in [0.1, 0.15) is 49.4 Å². The van der Waals surface area contributed by atoms with Crippen molar-refractivity contribution in [1.29, 1.82) is 0 Å². The standard InChI is InChI=1S/C38H49N3O7Si/c1-25-22-41(34(44)40-33(25)43)36(24-39)23-37(45,49(7,8)35(2,3)4)32(48-36)31(42)38(26-12-10-9-11-13-26,27-14-18-29(46-5)19-15-27)28-16-20-30(47-6)21-17-28/h9-22,31-32,42,45H,23-24,39H2,1-8H3,(H,40,43,44)/t31?,32-,36+,37-/m1/s1. The molecule has 10 nitrogen and oxygen atoms in total. The minimum atomic E-state index is -2.93. The molecule has 1 aromatic heterocycles. The molecular weight excluding hydrogens is 639 g/mol. The third-order valence-electron chi connectivity index (χ3n) is 11.2. The summed E-state index contributed by atoms with van der Waals surface area (Å²) in [5.74, 6) is 1.28. The molecule has 1 aliphatic heterocycles. The molecule has 0 amide bonds. The molecule has 4 atom stereocenters. The summed E-state index contributed by atoms with van der Waals surface area (Å²) >= 11 is 0. The van der Waals surface area contributed by atoms with Gasteiger partial charge in [0.2, 0.25) is 0 Å². The molecule has 1 saturated heterocycles. The van der Waals surface area contributed by atoms with Crippen molar-refractivity contribution in [3.8, 4) is 11.5 Å². The zero-order chi connectivity index (χ0) is 36.0. The fraction of sp³-hybridized carbons (Fsp3) is 0.421. The van der Waals surface area contributed by atoms with Crippen LogP contribution in [0, 0.1) is 6.92 Å². The minimum Gasteiger partial charge on any atom is -0.497 e. The third kappa shape index (κ3) is 5.77. The Kier molecular flexibility index (Phi) is 9.65. The Morgan fingerprint density at radius 1 is 0.939 bits per heavy atom. The Morgan fingerprint density at radius 2 is 1.43 bits per heavy atom. The predicted molar refractivity (Wildman–Crippen MR) is 193 cm³/mol. The number of H-pyrrole nitrogens is 1. The maximum Gasteiger partial charge on any atom is 0.330 e. The highest BCUT2D eigenvalue weighted by Gasteiger charge is 2.69. The lowest BCUT2D eigenvalue weighted by Gasteiger charge is -2.52. The van der Waals surface area contributed by atoms with Crippen LogP contribution in [0.4, 0.5) is 0 Å². The van der Waals surface area contributed by atoms with Crippen LogP contribution in [0.3, 0.4) is 0 Å². The van der Waals surface area contributed by atoms with Crippen LogP contribution in [-0.4, -0.2) is 66.0 Å². The van der Waals surface area contributed by atoms with Crippen LogP contribution in [0.15, 0.2) is 94.6 Å². The van der Waals surface area contributed by atoms with Gasteiger partial charge in [0.25, 0.3) is 5.56 Å². The molecule has 0 saturated carbocycles. The van der Waals surface area contributed by atoms with E-state index in [0.717, 1.165) is 16.7 Å². The van der Waals surface area contributed by atoms with E-state index in [4.69, 9.17) is 19.9 Å². The Balaban J connectivity index is 1.88. The summed E-state index contributed by atoms with van der Waals surface area (Å²) in [4.78, 5) is 28.3. The van der Waals surface area contributed by atoms with Gasteiger partial charge in [0.15, 0.2) is 5.72 Å². The lowest BCUT2D eigenvalue weighted by Crippen LogP contribution is -2.68. The number of aromatic nitrogens is 2. The molecule has 2 heterocycles. The Bertz CT molecular complexity index is 1840. The molecule has 0 aliphatic carbocycles. The summed E-state index contributed by atoms with van der Waals surface area (Å²) in [6.07, 6.45) is -1.37. The number of methoxy groups -OCH3 is 2. The van der Waals surface area contributed by atoms with Crippen LogP contribution in [0.5, 0.6) is 11.5 Å². The van der Waals surface area contributed by atoms with Crippen molar-refractivity contribution in [3.05, 3.63) is 128 Å². The molecule has 1 fully saturated rings. The number of benzene rings is 3. The molecule has 262 valence electrons. The summed E-state index contributed by atoms with van der Waals surface area (Å²) in [6, 6.07) is 24.6. The van der Waals surface area contributed by atoms with Crippen molar-refractivity contribution in [1.82, 2.24) is 9.55 Å². The summed E-state index contributed by atoms with van der Waals surface area (Å²) in [6.45, 7) is 11.8. The van der Waals surface area contributed by atoms with Crippen molar-refractivity contribution >= 4 is 8.07 Å². The first kappa shape index (κ1) is 36.3. The average Bonchev–Trinajstić information content (AvgIpc) is 3.42. The van der Waals surface area contributed by atoms with Crippen molar-refractivity contribution < 1.29 is 24.4 Å². The van der Waals surface area contributed by atoms with E-state index in [-0.39, 0.29) is 18.5 Å². The number of nitrogens with two attached hydrogens (primary N) is 1. The summed E-state index contributed by atoms with van der Waals surface area (Å²) in [7, 11) is 0.262. The maximum absolute atomic E-state index is 13.5. The maximum atomic E-state index is 13.5. The molecule has 5 N–H and O–H groups in total. The van der Waals surface area contributed by atoms with Gasteiger partial charge in [-0.25, -0.2) is 4.79 Å². The largest absolute Gasteiger partial charge is 0.497 e. The molecule has 1 aliphatic rings.